The van der Waals surface area contributed by atoms with Gasteiger partial charge in [-0.2, -0.15) is 0 Å². The lowest BCUT2D eigenvalue weighted by atomic mass is 10.2. The molecule has 110 valence electrons. The van der Waals surface area contributed by atoms with E-state index >= 15 is 0 Å². The van der Waals surface area contributed by atoms with E-state index in [2.05, 4.69) is 15.9 Å². The summed E-state index contributed by atoms with van der Waals surface area (Å²) in [6, 6.07) is 13.1. The first kappa shape index (κ1) is 14.8. The number of esters is 1. The maximum Gasteiger partial charge on any atom is 0.351 e. The average Bonchev–Trinajstić information content (AvgIpc) is 2.49. The number of carbonyl (C=O) groups excluding carboxylic acids is 1. The second-order valence-corrected chi connectivity index (χ2v) is 5.77. The fourth-order valence-corrected chi connectivity index (χ4v) is 2.47. The molecule has 0 atom stereocenters. The van der Waals surface area contributed by atoms with Crippen LogP contribution in [0.15, 0.2) is 62.2 Å². The summed E-state index contributed by atoms with van der Waals surface area (Å²) in [5, 5.41) is 0.892. The second kappa shape index (κ2) is 5.94. The molecule has 0 bridgehead atoms. The molecule has 0 unspecified atom stereocenters. The Morgan fingerprint density at radius 1 is 1.14 bits per heavy atom. The van der Waals surface area contributed by atoms with Gasteiger partial charge in [-0.15, -0.1) is 0 Å². The molecule has 6 heteroatoms. The normalized spacial score (nSPS) is 10.6. The Kier molecular flexibility index (Phi) is 4.00. The third-order valence-corrected chi connectivity index (χ3v) is 3.76. The van der Waals surface area contributed by atoms with Crippen LogP contribution in [0.25, 0.3) is 11.0 Å². The molecule has 1 aromatic heterocycles. The predicted octanol–water partition coefficient (Wildman–Crippen LogP) is 4.43. The highest BCUT2D eigenvalue weighted by atomic mass is 79.9. The zero-order chi connectivity index (χ0) is 15.7. The number of para-hydroxylation sites is 1. The van der Waals surface area contributed by atoms with Crippen molar-refractivity contribution in [2.45, 2.75) is 0 Å². The van der Waals surface area contributed by atoms with E-state index in [1.165, 1.54) is 6.07 Å². The summed E-state index contributed by atoms with van der Waals surface area (Å²) < 4.78 is 11.1. The topological polar surface area (TPSA) is 56.5 Å². The SMILES string of the molecule is O=C(Oc1ccccc1Cl)c1cc2cc(Br)ccc2oc1=O. The maximum atomic E-state index is 12.2. The van der Waals surface area contributed by atoms with Gasteiger partial charge in [0, 0.05) is 9.86 Å². The summed E-state index contributed by atoms with van der Waals surface area (Å²) in [4.78, 5) is 24.1. The molecule has 4 nitrogen and oxygen atoms in total. The highest BCUT2D eigenvalue weighted by molar-refractivity contribution is 9.10. The Balaban J connectivity index is 2.02. The summed E-state index contributed by atoms with van der Waals surface area (Å²) in [6.45, 7) is 0. The van der Waals surface area contributed by atoms with E-state index in [4.69, 9.17) is 20.8 Å². The molecule has 2 aromatic carbocycles. The number of ether oxygens (including phenoxy) is 1. The van der Waals surface area contributed by atoms with E-state index in [-0.39, 0.29) is 16.3 Å². The van der Waals surface area contributed by atoms with Gasteiger partial charge in [0.2, 0.25) is 0 Å². The van der Waals surface area contributed by atoms with Crippen LogP contribution in [0.2, 0.25) is 5.02 Å². The van der Waals surface area contributed by atoms with Crippen molar-refractivity contribution in [3.63, 3.8) is 0 Å². The Morgan fingerprint density at radius 2 is 1.91 bits per heavy atom. The summed E-state index contributed by atoms with van der Waals surface area (Å²) in [6.07, 6.45) is 0. The number of hydrogen-bond acceptors (Lipinski definition) is 4. The molecule has 3 rings (SSSR count). The highest BCUT2D eigenvalue weighted by Gasteiger charge is 2.17. The van der Waals surface area contributed by atoms with Crippen molar-refractivity contribution >= 4 is 44.5 Å². The van der Waals surface area contributed by atoms with Crippen molar-refractivity contribution in [3.8, 4) is 5.75 Å². The van der Waals surface area contributed by atoms with Crippen LogP contribution in [0.5, 0.6) is 5.75 Å². The van der Waals surface area contributed by atoms with Crippen molar-refractivity contribution in [2.75, 3.05) is 0 Å². The first-order valence-corrected chi connectivity index (χ1v) is 7.42. The fourth-order valence-electron chi connectivity index (χ4n) is 1.92. The first-order chi connectivity index (χ1) is 10.5. The van der Waals surface area contributed by atoms with Crippen LogP contribution in [0, 0.1) is 0 Å². The van der Waals surface area contributed by atoms with Crippen molar-refractivity contribution in [1.82, 2.24) is 0 Å². The van der Waals surface area contributed by atoms with Gasteiger partial charge in [-0.25, -0.2) is 9.59 Å². The second-order valence-electron chi connectivity index (χ2n) is 4.45. The predicted molar refractivity (Wildman–Crippen MR) is 86.6 cm³/mol. The lowest BCUT2D eigenvalue weighted by Gasteiger charge is -2.06. The fraction of sp³-hybridized carbons (Fsp3) is 0. The number of halogens is 2. The van der Waals surface area contributed by atoms with E-state index in [9.17, 15) is 9.59 Å². The molecular formula is C16H8BrClO4. The molecular weight excluding hydrogens is 372 g/mol. The molecule has 0 aliphatic heterocycles. The van der Waals surface area contributed by atoms with Crippen LogP contribution < -0.4 is 10.4 Å². The smallest absolute Gasteiger partial charge is 0.351 e. The molecule has 0 N–H and O–H groups in total. The number of fused-ring (bicyclic) bond motifs is 1. The van der Waals surface area contributed by atoms with Crippen LogP contribution in [0.3, 0.4) is 0 Å². The third-order valence-electron chi connectivity index (χ3n) is 2.95. The molecule has 0 fully saturated rings. The van der Waals surface area contributed by atoms with Gasteiger partial charge in [-0.05, 0) is 36.4 Å². The van der Waals surface area contributed by atoms with Crippen LogP contribution >= 0.6 is 27.5 Å². The minimum atomic E-state index is -0.816. The summed E-state index contributed by atoms with van der Waals surface area (Å²) >= 11 is 9.25. The molecule has 3 aromatic rings. The summed E-state index contributed by atoms with van der Waals surface area (Å²) in [7, 11) is 0. The molecule has 0 amide bonds. The molecule has 0 aliphatic carbocycles. The molecule has 1 heterocycles. The summed E-state index contributed by atoms with van der Waals surface area (Å²) in [5.74, 6) is -0.633. The number of rotatable bonds is 2. The third kappa shape index (κ3) is 2.91. The van der Waals surface area contributed by atoms with E-state index in [0.717, 1.165) is 4.47 Å². The van der Waals surface area contributed by atoms with Gasteiger partial charge in [0.25, 0.3) is 0 Å². The zero-order valence-corrected chi connectivity index (χ0v) is 13.3. The Labute approximate surface area is 138 Å². The largest absolute Gasteiger partial charge is 0.422 e. The van der Waals surface area contributed by atoms with Crippen LogP contribution in [-0.4, -0.2) is 5.97 Å². The summed E-state index contributed by atoms with van der Waals surface area (Å²) in [5.41, 5.74) is -0.556. The number of hydrogen-bond donors (Lipinski definition) is 0. The van der Waals surface area contributed by atoms with E-state index < -0.39 is 11.6 Å². The van der Waals surface area contributed by atoms with Gasteiger partial charge in [0.1, 0.15) is 16.9 Å². The van der Waals surface area contributed by atoms with E-state index in [1.807, 2.05) is 0 Å². The van der Waals surface area contributed by atoms with Crippen LogP contribution in [-0.2, 0) is 0 Å². The first-order valence-electron chi connectivity index (χ1n) is 6.25. The monoisotopic (exact) mass is 378 g/mol. The molecule has 0 radical (unpaired) electrons. The Bertz CT molecular complexity index is 933. The minimum absolute atomic E-state index is 0.183. The number of carbonyl (C=O) groups is 1. The molecule has 0 aliphatic rings. The van der Waals surface area contributed by atoms with Gasteiger partial charge in [0.05, 0.1) is 5.02 Å². The van der Waals surface area contributed by atoms with Gasteiger partial charge in [-0.3, -0.25) is 0 Å². The number of benzene rings is 2. The van der Waals surface area contributed by atoms with Gasteiger partial charge in [-0.1, -0.05) is 39.7 Å². The lowest BCUT2D eigenvalue weighted by molar-refractivity contribution is 0.0730. The van der Waals surface area contributed by atoms with Gasteiger partial charge < -0.3 is 9.15 Å². The standard InChI is InChI=1S/C16H8BrClO4/c17-10-5-6-13-9(7-10)8-11(15(19)21-13)16(20)22-14-4-2-1-3-12(14)18/h1-8H. The van der Waals surface area contributed by atoms with Crippen molar-refractivity contribution in [3.05, 3.63) is 74.0 Å². The van der Waals surface area contributed by atoms with E-state index in [0.29, 0.717) is 11.0 Å². The Morgan fingerprint density at radius 3 is 2.68 bits per heavy atom. The molecule has 0 spiro atoms. The maximum absolute atomic E-state index is 12.2. The van der Waals surface area contributed by atoms with Crippen molar-refractivity contribution in [2.24, 2.45) is 0 Å². The average molecular weight is 380 g/mol. The van der Waals surface area contributed by atoms with Crippen LogP contribution in [0.1, 0.15) is 10.4 Å². The minimum Gasteiger partial charge on any atom is -0.422 e. The van der Waals surface area contributed by atoms with E-state index in [1.54, 1.807) is 42.5 Å². The quantitative estimate of drug-likeness (QED) is 0.375. The van der Waals surface area contributed by atoms with Crippen LogP contribution in [0.4, 0.5) is 0 Å². The highest BCUT2D eigenvalue weighted by Crippen LogP contribution is 2.24. The Hall–Kier alpha value is -2.11. The van der Waals surface area contributed by atoms with Crippen molar-refractivity contribution < 1.29 is 13.9 Å². The molecule has 0 saturated heterocycles. The van der Waals surface area contributed by atoms with Gasteiger partial charge >= 0.3 is 11.6 Å². The lowest BCUT2D eigenvalue weighted by Crippen LogP contribution is -2.18. The zero-order valence-electron chi connectivity index (χ0n) is 11.0. The molecule has 22 heavy (non-hydrogen) atoms. The van der Waals surface area contributed by atoms with Crippen molar-refractivity contribution in [1.29, 1.82) is 0 Å². The van der Waals surface area contributed by atoms with Gasteiger partial charge in [0.15, 0.2) is 0 Å². The molecule has 0 saturated carbocycles.